The predicted molar refractivity (Wildman–Crippen MR) is 221 cm³/mol. The standard InChI is InChI=1S/C45H40Cl2F2N6O3/c1-31-25-35(46)15-17-41(31)57-44(33-9-7-19-50-27-33)29-52(39-13-5-3-11-37(39)48)21-23-54(44)43(56)55-24-22-53(40-14-6-4-12-38(40)49)30-45(55,34-10-8-20-51-28-34)58-42-18-16-36(47)26-32(42)2/h3-20,25-28H,21-24,29-30H2,1-2H3/t44-,45-/m0/s1. The van der Waals surface area contributed by atoms with E-state index in [0.29, 0.717) is 44.0 Å². The molecule has 2 aliphatic heterocycles. The fourth-order valence-electron chi connectivity index (χ4n) is 7.92. The molecule has 8 rings (SSSR count). The predicted octanol–water partition coefficient (Wildman–Crippen LogP) is 9.61. The van der Waals surface area contributed by atoms with Gasteiger partial charge in [-0.15, -0.1) is 0 Å². The maximum Gasteiger partial charge on any atom is 0.326 e. The number of ether oxygens (including phenoxy) is 2. The topological polar surface area (TPSA) is 74.3 Å². The SMILES string of the molecule is Cc1cc(Cl)ccc1O[C@]1(c2cccnc2)CN(c2ccccc2F)CCN1C(=O)N1CCN(c2ccccc2F)C[C@]1(Oc1ccc(Cl)cc1C)c1cccnc1. The molecule has 0 bridgehead atoms. The van der Waals surface area contributed by atoms with Gasteiger partial charge in [0.2, 0.25) is 11.4 Å². The number of hydrogen-bond donors (Lipinski definition) is 0. The fraction of sp³-hybridized carbons (Fsp3) is 0.222. The number of amides is 2. The number of para-hydroxylation sites is 2. The molecule has 2 fully saturated rings. The minimum absolute atomic E-state index is 0.0274. The van der Waals surface area contributed by atoms with Crippen molar-refractivity contribution in [3.05, 3.63) is 178 Å². The smallest absolute Gasteiger partial charge is 0.326 e. The van der Waals surface area contributed by atoms with E-state index in [1.807, 2.05) is 35.8 Å². The summed E-state index contributed by atoms with van der Waals surface area (Å²) in [6.07, 6.45) is 6.61. The summed E-state index contributed by atoms with van der Waals surface area (Å²) in [7, 11) is 0. The number of benzene rings is 4. The first-order valence-electron chi connectivity index (χ1n) is 18.9. The normalized spacial score (nSPS) is 19.6. The molecule has 0 N–H and O–H groups in total. The summed E-state index contributed by atoms with van der Waals surface area (Å²) in [5.74, 6) is 0.128. The highest BCUT2D eigenvalue weighted by Crippen LogP contribution is 2.44. The Kier molecular flexibility index (Phi) is 10.8. The monoisotopic (exact) mass is 820 g/mol. The van der Waals surface area contributed by atoms with Crippen molar-refractivity contribution < 1.29 is 23.0 Å². The Morgan fingerprint density at radius 2 is 1.03 bits per heavy atom. The van der Waals surface area contributed by atoms with Crippen LogP contribution in [0.3, 0.4) is 0 Å². The second kappa shape index (κ2) is 16.2. The van der Waals surface area contributed by atoms with Crippen molar-refractivity contribution in [1.29, 1.82) is 0 Å². The van der Waals surface area contributed by atoms with Crippen LogP contribution in [0, 0.1) is 25.5 Å². The highest BCUT2D eigenvalue weighted by molar-refractivity contribution is 6.31. The summed E-state index contributed by atoms with van der Waals surface area (Å²) in [5, 5.41) is 1.04. The van der Waals surface area contributed by atoms with E-state index in [0.717, 1.165) is 11.1 Å². The highest BCUT2D eigenvalue weighted by Gasteiger charge is 2.56. The van der Waals surface area contributed by atoms with E-state index >= 15 is 13.6 Å². The number of nitrogens with zero attached hydrogens (tertiary/aromatic N) is 6. The van der Waals surface area contributed by atoms with Crippen molar-refractivity contribution in [3.8, 4) is 11.5 Å². The molecule has 2 aromatic heterocycles. The lowest BCUT2D eigenvalue weighted by Crippen LogP contribution is -2.72. The van der Waals surface area contributed by atoms with Crippen LogP contribution >= 0.6 is 23.2 Å². The minimum Gasteiger partial charge on any atom is -0.461 e. The molecule has 6 aromatic rings. The van der Waals surface area contributed by atoms with Gasteiger partial charge in [0.05, 0.1) is 24.5 Å². The number of rotatable bonds is 8. The van der Waals surface area contributed by atoms with Crippen LogP contribution in [0.5, 0.6) is 11.5 Å². The Labute approximate surface area is 346 Å². The van der Waals surface area contributed by atoms with Crippen molar-refractivity contribution in [2.45, 2.75) is 25.3 Å². The number of anilines is 2. The summed E-state index contributed by atoms with van der Waals surface area (Å²) in [5.41, 5.74) is 0.156. The lowest BCUT2D eigenvalue weighted by atomic mass is 9.95. The van der Waals surface area contributed by atoms with Gasteiger partial charge in [0, 0.05) is 72.1 Å². The second-order valence-electron chi connectivity index (χ2n) is 14.4. The van der Waals surface area contributed by atoms with Crippen molar-refractivity contribution in [1.82, 2.24) is 19.8 Å². The number of urea groups is 1. The van der Waals surface area contributed by atoms with Crippen LogP contribution in [0.15, 0.2) is 134 Å². The molecule has 9 nitrogen and oxygen atoms in total. The lowest BCUT2D eigenvalue weighted by Gasteiger charge is -2.56. The molecule has 2 atom stereocenters. The zero-order chi connectivity index (χ0) is 40.4. The maximum atomic E-state index is 16.0. The third kappa shape index (κ3) is 7.36. The number of hydrogen-bond acceptors (Lipinski definition) is 7. The van der Waals surface area contributed by atoms with Gasteiger partial charge in [0.25, 0.3) is 0 Å². The van der Waals surface area contributed by atoms with Crippen LogP contribution in [0.2, 0.25) is 10.0 Å². The molecule has 2 amide bonds. The number of carbonyl (C=O) groups excluding carboxylic acids is 1. The van der Waals surface area contributed by atoms with Crippen LogP contribution in [0.25, 0.3) is 0 Å². The first-order chi connectivity index (χ1) is 28.1. The first-order valence-corrected chi connectivity index (χ1v) is 19.6. The molecule has 0 radical (unpaired) electrons. The van der Waals surface area contributed by atoms with Crippen molar-refractivity contribution in [3.63, 3.8) is 0 Å². The summed E-state index contributed by atoms with van der Waals surface area (Å²) in [4.78, 5) is 32.1. The molecule has 2 saturated heterocycles. The van der Waals surface area contributed by atoms with Crippen LogP contribution in [-0.4, -0.2) is 65.1 Å². The summed E-state index contributed by atoms with van der Waals surface area (Å²) >= 11 is 12.8. The molecule has 0 unspecified atom stereocenters. The van der Waals surface area contributed by atoms with Gasteiger partial charge in [-0.3, -0.25) is 19.8 Å². The molecule has 0 aliphatic carbocycles. The van der Waals surface area contributed by atoms with E-state index in [-0.39, 0.29) is 39.3 Å². The molecule has 13 heteroatoms. The zero-order valence-corrected chi connectivity index (χ0v) is 33.4. The van der Waals surface area contributed by atoms with E-state index in [9.17, 15) is 0 Å². The van der Waals surface area contributed by atoms with Crippen molar-refractivity contribution in [2.24, 2.45) is 0 Å². The third-order valence-corrected chi connectivity index (χ3v) is 11.2. The highest BCUT2D eigenvalue weighted by atomic mass is 35.5. The molecule has 58 heavy (non-hydrogen) atoms. The molecule has 2 aliphatic rings. The Balaban J connectivity index is 1.32. The van der Waals surface area contributed by atoms with Gasteiger partial charge < -0.3 is 19.3 Å². The van der Waals surface area contributed by atoms with Crippen molar-refractivity contribution >= 4 is 40.6 Å². The summed E-state index contributed by atoms with van der Waals surface area (Å²) in [6.45, 7) is 4.54. The van der Waals surface area contributed by atoms with Gasteiger partial charge in [0.15, 0.2) is 0 Å². The van der Waals surface area contributed by atoms with E-state index in [1.165, 1.54) is 12.1 Å². The van der Waals surface area contributed by atoms with E-state index in [2.05, 4.69) is 9.97 Å². The van der Waals surface area contributed by atoms with Gasteiger partial charge >= 0.3 is 6.03 Å². The quantitative estimate of drug-likeness (QED) is 0.152. The number of carbonyl (C=O) groups is 1. The zero-order valence-electron chi connectivity index (χ0n) is 31.9. The third-order valence-electron chi connectivity index (χ3n) is 10.8. The van der Waals surface area contributed by atoms with Gasteiger partial charge in [-0.1, -0.05) is 47.5 Å². The van der Waals surface area contributed by atoms with E-state index in [4.69, 9.17) is 32.7 Å². The molecule has 0 saturated carbocycles. The molecular formula is C45H40Cl2F2N6O3. The van der Waals surface area contributed by atoms with Crippen molar-refractivity contribution in [2.75, 3.05) is 49.1 Å². The summed E-state index contributed by atoms with van der Waals surface area (Å²) in [6, 6.07) is 30.5. The molecule has 296 valence electrons. The average molecular weight is 822 g/mol. The largest absolute Gasteiger partial charge is 0.461 e. The molecule has 4 heterocycles. The maximum absolute atomic E-state index is 16.0. The van der Waals surface area contributed by atoms with Gasteiger partial charge in [-0.25, -0.2) is 13.6 Å². The second-order valence-corrected chi connectivity index (χ2v) is 15.3. The van der Waals surface area contributed by atoms with Gasteiger partial charge in [-0.05, 0) is 110 Å². The van der Waals surface area contributed by atoms with Gasteiger partial charge in [-0.2, -0.15) is 0 Å². The molecule has 0 spiro atoms. The number of pyridine rings is 2. The molecule has 4 aromatic carbocycles. The van der Waals surface area contributed by atoms with E-state index < -0.39 is 29.1 Å². The Morgan fingerprint density at radius 1 is 0.603 bits per heavy atom. The summed E-state index contributed by atoms with van der Waals surface area (Å²) < 4.78 is 45.5. The number of aromatic nitrogens is 2. The average Bonchev–Trinajstić information content (AvgIpc) is 3.23. The van der Waals surface area contributed by atoms with Crippen LogP contribution in [0.1, 0.15) is 22.3 Å². The Hall–Kier alpha value is -5.91. The first kappa shape index (κ1) is 38.9. The van der Waals surface area contributed by atoms with Crippen LogP contribution in [0.4, 0.5) is 25.0 Å². The van der Waals surface area contributed by atoms with Gasteiger partial charge in [0.1, 0.15) is 23.1 Å². The fourth-order valence-corrected chi connectivity index (χ4v) is 8.37. The van der Waals surface area contributed by atoms with Crippen LogP contribution < -0.4 is 19.3 Å². The Bertz CT molecular complexity index is 2270. The van der Waals surface area contributed by atoms with E-state index in [1.54, 1.807) is 120 Å². The lowest BCUT2D eigenvalue weighted by molar-refractivity contribution is -0.115. The Morgan fingerprint density at radius 3 is 1.41 bits per heavy atom. The molecular weight excluding hydrogens is 781 g/mol. The number of aryl methyl sites for hydroxylation is 2. The minimum atomic E-state index is -1.58. The number of halogens is 4. The number of piperazine rings is 2. The van der Waals surface area contributed by atoms with Crippen LogP contribution in [-0.2, 0) is 11.4 Å².